The molecule has 704 valence electrons. The Bertz CT molecular complexity index is 2050. The quantitative estimate of drug-likeness (QED) is 0.0298. The lowest BCUT2D eigenvalue weighted by Gasteiger charge is -2.09. The highest BCUT2D eigenvalue weighted by molar-refractivity contribution is 6.12. The van der Waals surface area contributed by atoms with Gasteiger partial charge in [0.15, 0.2) is 0 Å². The molecule has 2 aliphatic carbocycles. The number of amides is 2. The van der Waals surface area contributed by atoms with Crippen LogP contribution >= 0.6 is 0 Å². The van der Waals surface area contributed by atoms with E-state index in [9.17, 15) is 19.2 Å². The Morgan fingerprint density at radius 1 is 0.522 bits per heavy atom. The standard InChI is InChI=1S/C16H12.C8H12.C6H7NO2.C6H10O2.C5H9NO.C5H10O2.C5H8O2.C5H10O.C5H8O.2C3H8.3C2H6.27CH4/c1-2-6-14-11-12-16-8-4-3-7-15(16)10-9-13(14)5-1;1-2-4-6-8-7-5-3-1;1-2-7-5(8)3-4-6(7)9;1-4-8-6(7)5(2)3;1-2-7-5-3-4-6;1-2-6-3-5-4-7-5;1-3-5(6)7-4-2;2*1-3-5-6-4-2;2*1-3-2;3*1-2;;;;;;;;;;;;;;;;;;;;;;;;;;;/h1-8H,9-10H2;1-6H2;3-4H,2H2,1H3;2,4H2,1,3H3;2-3,5H2,1H3;5H,2-4H2,1H3;3H,1,4H2,2H3;3H,1,4-5H2,2H3;1H,4-5H2,2H3;2*3H2,1-2H3;3*1-2H3;27*1H4. The zero-order valence-corrected chi connectivity index (χ0v) is 57.4. The smallest absolute Gasteiger partial charge is 0.333 e. The molecule has 0 bridgehead atoms. The van der Waals surface area contributed by atoms with Crippen LogP contribution in [0.3, 0.4) is 0 Å². The number of aryl methyl sites for hydroxylation is 2. The fourth-order valence-corrected chi connectivity index (χ4v) is 5.32. The first kappa shape index (κ1) is 232. The molecule has 0 spiro atoms. The van der Waals surface area contributed by atoms with Gasteiger partial charge in [-0.1, -0.05) is 369 Å². The second-order valence-electron chi connectivity index (χ2n) is 16.5. The van der Waals surface area contributed by atoms with Gasteiger partial charge < -0.3 is 33.2 Å². The zero-order chi connectivity index (χ0) is 67.3. The maximum atomic E-state index is 10.6. The first-order valence-corrected chi connectivity index (χ1v) is 31.3. The van der Waals surface area contributed by atoms with E-state index in [4.69, 9.17) is 35.4 Å². The number of hydrogen-bond donors (Lipinski definition) is 0. The van der Waals surface area contributed by atoms with Crippen LogP contribution in [0, 0.1) is 47.4 Å². The summed E-state index contributed by atoms with van der Waals surface area (Å²) in [6, 6.07) is 18.8. The summed E-state index contributed by atoms with van der Waals surface area (Å²) >= 11 is 0. The maximum Gasteiger partial charge on any atom is 0.333 e. The fraction of sp³-hybridized carbons (Fsp3) is 0.690. The molecule has 4 aliphatic rings. The summed E-state index contributed by atoms with van der Waals surface area (Å²) in [4.78, 5) is 42.9. The number of nitrogens with zero attached hydrogens (tertiary/aromatic N) is 2. The molecular formula is C100H228N2O11. The van der Waals surface area contributed by atoms with Crippen LogP contribution in [-0.2, 0) is 65.2 Å². The van der Waals surface area contributed by atoms with E-state index < -0.39 is 0 Å². The Hall–Kier alpha value is -6.55. The van der Waals surface area contributed by atoms with Gasteiger partial charge in [-0.25, -0.2) is 9.59 Å². The topological polar surface area (TPSA) is 163 Å². The van der Waals surface area contributed by atoms with E-state index >= 15 is 0 Å². The number of imide groups is 1. The number of rotatable bonds is 16. The van der Waals surface area contributed by atoms with E-state index in [0.29, 0.717) is 70.9 Å². The fourth-order valence-electron chi connectivity index (χ4n) is 5.32. The summed E-state index contributed by atoms with van der Waals surface area (Å²) in [6.45, 7) is 53.0. The lowest BCUT2D eigenvalue weighted by Crippen LogP contribution is -2.29. The molecule has 0 aromatic heterocycles. The molecule has 2 aliphatic heterocycles. The van der Waals surface area contributed by atoms with Crippen molar-refractivity contribution >= 4 is 23.8 Å². The van der Waals surface area contributed by atoms with Gasteiger partial charge in [-0.15, -0.1) is 24.8 Å². The summed E-state index contributed by atoms with van der Waals surface area (Å²) in [5.74, 6) is 14.1. The van der Waals surface area contributed by atoms with Crippen LogP contribution in [0.25, 0.3) is 0 Å². The van der Waals surface area contributed by atoms with Crippen molar-refractivity contribution < 1.29 is 52.3 Å². The van der Waals surface area contributed by atoms with Crippen LogP contribution in [-0.4, -0.2) is 114 Å². The molecule has 2 aromatic rings. The molecule has 2 amide bonds. The molecule has 1 saturated heterocycles. The van der Waals surface area contributed by atoms with Gasteiger partial charge in [0, 0.05) is 80.7 Å². The van der Waals surface area contributed by atoms with Gasteiger partial charge in [0.2, 0.25) is 0 Å². The molecule has 113 heavy (non-hydrogen) atoms. The summed E-state index contributed by atoms with van der Waals surface area (Å²) in [5, 5.41) is 7.96. The largest absolute Gasteiger partial charge is 0.463 e. The lowest BCUT2D eigenvalue weighted by atomic mass is 9.95. The van der Waals surface area contributed by atoms with Crippen molar-refractivity contribution in [2.45, 2.75) is 402 Å². The third kappa shape index (κ3) is 188. The van der Waals surface area contributed by atoms with Gasteiger partial charge >= 0.3 is 11.9 Å². The number of nitriles is 1. The first-order chi connectivity index (χ1) is 41.7. The molecule has 13 nitrogen and oxygen atoms in total. The number of terminal acetylenes is 1. The van der Waals surface area contributed by atoms with Crippen LogP contribution in [0.15, 0.2) is 98.1 Å². The van der Waals surface area contributed by atoms with Crippen molar-refractivity contribution in [3.63, 3.8) is 0 Å². The molecule has 0 N–H and O–H groups in total. The summed E-state index contributed by atoms with van der Waals surface area (Å²) in [5.41, 5.74) is 5.54. The average Bonchev–Trinajstić information content (AvgIpc) is 1.23. The second-order valence-corrected chi connectivity index (χ2v) is 16.5. The third-order valence-corrected chi connectivity index (χ3v) is 9.10. The number of carbonyl (C=O) groups is 4. The molecule has 1 unspecified atom stereocenters. The molecule has 1 atom stereocenters. The van der Waals surface area contributed by atoms with E-state index in [0.717, 1.165) is 58.2 Å². The van der Waals surface area contributed by atoms with Crippen molar-refractivity contribution in [3.05, 3.63) is 120 Å². The number of fused-ring (bicyclic) bond motifs is 2. The van der Waals surface area contributed by atoms with E-state index in [1.54, 1.807) is 33.8 Å². The Balaban J connectivity index is -0.0000000178. The highest BCUT2D eigenvalue weighted by atomic mass is 16.6. The Kier molecular flexibility index (Phi) is 426. The number of epoxide rings is 1. The molecule has 1 fully saturated rings. The predicted molar refractivity (Wildman–Crippen MR) is 544 cm³/mol. The molecule has 13 heteroatoms. The van der Waals surface area contributed by atoms with Crippen LogP contribution in [0.4, 0.5) is 0 Å². The SMILES string of the molecule is C.C.C.C.C.C.C.C.C.C.C.C.C.C.C.C.C.C.C.C.C.C.C.C.C.C.C.C#CCOCC.C1#CCCCCCC1.C1#Cc2ccccc2CCc2ccccc21.C=C(C)C(=O)OCC.C=CC(=O)OCC.C=CCOCC.CC.CC.CC.CCC.CCC.CCN1C(=O)C=CC1=O.CCOCC1CO1.CCOCCC#N. The second kappa shape index (κ2) is 208. The minimum atomic E-state index is -0.359. The molecular weight excluding hydrogens is 1410 g/mol. The normalized spacial score (nSPS) is 9.17. The zero-order valence-electron chi connectivity index (χ0n) is 57.4. The first-order valence-electron chi connectivity index (χ1n) is 31.3. The molecule has 0 saturated carbocycles. The van der Waals surface area contributed by atoms with Gasteiger partial charge in [0.25, 0.3) is 11.8 Å². The summed E-state index contributed by atoms with van der Waals surface area (Å²) in [7, 11) is 0. The Morgan fingerprint density at radius 3 is 1.06 bits per heavy atom. The highest BCUT2D eigenvalue weighted by Gasteiger charge is 2.21. The number of carbonyl (C=O) groups excluding carboxylic acids is 4. The minimum absolute atomic E-state index is 0. The maximum absolute atomic E-state index is 10.6. The van der Waals surface area contributed by atoms with Crippen LogP contribution in [0.5, 0.6) is 0 Å². The van der Waals surface area contributed by atoms with Crippen LogP contribution < -0.4 is 0 Å². The number of esters is 2. The Labute approximate surface area is 726 Å². The van der Waals surface area contributed by atoms with Crippen LogP contribution in [0.2, 0.25) is 0 Å². The third-order valence-electron chi connectivity index (χ3n) is 9.10. The number of benzene rings is 2. The van der Waals surface area contributed by atoms with Crippen molar-refractivity contribution in [1.82, 2.24) is 4.90 Å². The molecule has 0 radical (unpaired) electrons. The minimum Gasteiger partial charge on any atom is -0.463 e. The van der Waals surface area contributed by atoms with Gasteiger partial charge in [-0.3, -0.25) is 14.5 Å². The van der Waals surface area contributed by atoms with E-state index in [1.807, 2.05) is 75.3 Å². The van der Waals surface area contributed by atoms with E-state index in [1.165, 1.54) is 77.8 Å². The average molecular weight is 1630 g/mol. The van der Waals surface area contributed by atoms with Crippen molar-refractivity contribution in [1.29, 1.82) is 5.26 Å². The van der Waals surface area contributed by atoms with Crippen LogP contribution in [0.1, 0.15) is 405 Å². The van der Waals surface area contributed by atoms with Crippen molar-refractivity contribution in [2.24, 2.45) is 0 Å². The van der Waals surface area contributed by atoms with Gasteiger partial charge in [-0.2, -0.15) is 5.26 Å². The number of likely N-dealkylation sites (N-methyl/N-ethyl adjacent to an activating group) is 1. The number of hydrogen-bond acceptors (Lipinski definition) is 12. The predicted octanol–water partition coefficient (Wildman–Crippen LogP) is 33.6. The van der Waals surface area contributed by atoms with E-state index in [2.05, 4.69) is 135 Å². The molecule has 2 aromatic carbocycles. The number of ether oxygens (including phenoxy) is 7. The summed E-state index contributed by atoms with van der Waals surface area (Å²) in [6.07, 6.45) is 23.6. The summed E-state index contributed by atoms with van der Waals surface area (Å²) < 4.78 is 33.4. The lowest BCUT2D eigenvalue weighted by molar-refractivity contribution is -0.139. The molecule has 6 rings (SSSR count). The van der Waals surface area contributed by atoms with Gasteiger partial charge in [0.1, 0.15) is 12.7 Å². The highest BCUT2D eigenvalue weighted by Crippen LogP contribution is 2.17. The van der Waals surface area contributed by atoms with Gasteiger partial charge in [-0.05, 0) is 104 Å². The van der Waals surface area contributed by atoms with Crippen molar-refractivity contribution in [3.8, 4) is 42.1 Å². The monoisotopic (exact) mass is 1630 g/mol. The van der Waals surface area contributed by atoms with E-state index in [-0.39, 0.29) is 224 Å². The molecule has 2 heterocycles. The van der Waals surface area contributed by atoms with Gasteiger partial charge in [0.05, 0.1) is 52.1 Å². The van der Waals surface area contributed by atoms with Crippen molar-refractivity contribution in [2.75, 3.05) is 79.2 Å². The Morgan fingerprint density at radius 2 is 0.850 bits per heavy atom.